The second-order valence-corrected chi connectivity index (χ2v) is 5.79. The average molecular weight is 255 g/mol. The van der Waals surface area contributed by atoms with Gasteiger partial charge in [-0.25, -0.2) is 0 Å². The smallest absolute Gasteiger partial charge is 0.205 e. The Morgan fingerprint density at radius 3 is 2.76 bits per heavy atom. The summed E-state index contributed by atoms with van der Waals surface area (Å²) < 4.78 is 5.89. The van der Waals surface area contributed by atoms with Crippen LogP contribution in [0.5, 0.6) is 0 Å². The maximum atomic E-state index is 5.89. The SMILES string of the molecule is CCNc1nnc(COC2CCC(C)CC2)s1. The fraction of sp³-hybridized carbons (Fsp3) is 0.833. The van der Waals surface area contributed by atoms with E-state index < -0.39 is 0 Å². The van der Waals surface area contributed by atoms with Crippen molar-refractivity contribution in [1.82, 2.24) is 10.2 Å². The summed E-state index contributed by atoms with van der Waals surface area (Å²) in [6.45, 7) is 5.88. The van der Waals surface area contributed by atoms with Crippen LogP contribution in [0.25, 0.3) is 0 Å². The molecule has 1 saturated carbocycles. The van der Waals surface area contributed by atoms with Gasteiger partial charge >= 0.3 is 0 Å². The Labute approximate surface area is 107 Å². The van der Waals surface area contributed by atoms with Gasteiger partial charge in [0.05, 0.1) is 6.10 Å². The monoisotopic (exact) mass is 255 g/mol. The molecule has 1 aliphatic carbocycles. The Kier molecular flexibility index (Phi) is 4.74. The second-order valence-electron chi connectivity index (χ2n) is 4.72. The molecule has 2 rings (SSSR count). The van der Waals surface area contributed by atoms with Crippen LogP contribution in [-0.2, 0) is 11.3 Å². The maximum Gasteiger partial charge on any atom is 0.205 e. The third-order valence-electron chi connectivity index (χ3n) is 3.20. The Morgan fingerprint density at radius 1 is 1.29 bits per heavy atom. The molecule has 0 unspecified atom stereocenters. The molecule has 1 aromatic heterocycles. The van der Waals surface area contributed by atoms with Crippen molar-refractivity contribution in [2.75, 3.05) is 11.9 Å². The van der Waals surface area contributed by atoms with Crippen LogP contribution >= 0.6 is 11.3 Å². The fourth-order valence-electron chi connectivity index (χ4n) is 2.12. The first-order valence-corrected chi connectivity index (χ1v) is 7.27. The number of ether oxygens (including phenoxy) is 1. The van der Waals surface area contributed by atoms with E-state index in [-0.39, 0.29) is 0 Å². The Morgan fingerprint density at radius 2 is 2.06 bits per heavy atom. The molecule has 96 valence electrons. The van der Waals surface area contributed by atoms with Crippen molar-refractivity contribution in [2.24, 2.45) is 5.92 Å². The summed E-state index contributed by atoms with van der Waals surface area (Å²) in [5, 5.41) is 13.2. The molecule has 1 fully saturated rings. The van der Waals surface area contributed by atoms with Gasteiger partial charge in [0, 0.05) is 6.54 Å². The van der Waals surface area contributed by atoms with Crippen LogP contribution in [0.1, 0.15) is 44.5 Å². The maximum absolute atomic E-state index is 5.89. The van der Waals surface area contributed by atoms with Gasteiger partial charge in [-0.3, -0.25) is 0 Å². The van der Waals surface area contributed by atoms with Crippen LogP contribution in [-0.4, -0.2) is 22.8 Å². The number of hydrogen-bond acceptors (Lipinski definition) is 5. The summed E-state index contributed by atoms with van der Waals surface area (Å²) in [4.78, 5) is 0. The lowest BCUT2D eigenvalue weighted by Crippen LogP contribution is -2.20. The molecule has 1 heterocycles. The van der Waals surface area contributed by atoms with Crippen LogP contribution in [0.2, 0.25) is 0 Å². The van der Waals surface area contributed by atoms with Crippen molar-refractivity contribution in [3.8, 4) is 0 Å². The van der Waals surface area contributed by atoms with Crippen LogP contribution in [0, 0.1) is 5.92 Å². The Balaban J connectivity index is 1.73. The average Bonchev–Trinajstić information content (AvgIpc) is 2.77. The number of rotatable bonds is 5. The first-order valence-electron chi connectivity index (χ1n) is 6.45. The molecular formula is C12H21N3OS. The zero-order valence-electron chi connectivity index (χ0n) is 10.6. The zero-order valence-corrected chi connectivity index (χ0v) is 11.4. The molecule has 0 aliphatic heterocycles. The number of hydrogen-bond donors (Lipinski definition) is 1. The lowest BCUT2D eigenvalue weighted by Gasteiger charge is -2.25. The normalized spacial score (nSPS) is 24.8. The zero-order chi connectivity index (χ0) is 12.1. The molecule has 0 bridgehead atoms. The van der Waals surface area contributed by atoms with Gasteiger partial charge in [-0.2, -0.15) is 0 Å². The van der Waals surface area contributed by atoms with Crippen molar-refractivity contribution in [1.29, 1.82) is 0 Å². The minimum Gasteiger partial charge on any atom is -0.371 e. The molecule has 1 aliphatic rings. The van der Waals surface area contributed by atoms with E-state index in [0.29, 0.717) is 12.7 Å². The molecule has 0 atom stereocenters. The van der Waals surface area contributed by atoms with E-state index in [1.165, 1.54) is 25.7 Å². The van der Waals surface area contributed by atoms with Gasteiger partial charge in [-0.1, -0.05) is 18.3 Å². The van der Waals surface area contributed by atoms with E-state index in [1.807, 2.05) is 0 Å². The first-order chi connectivity index (χ1) is 8.28. The lowest BCUT2D eigenvalue weighted by atomic mass is 9.89. The molecule has 0 aromatic carbocycles. The highest BCUT2D eigenvalue weighted by Gasteiger charge is 2.19. The molecule has 0 radical (unpaired) electrons. The molecule has 17 heavy (non-hydrogen) atoms. The van der Waals surface area contributed by atoms with Crippen LogP contribution in [0.3, 0.4) is 0 Å². The summed E-state index contributed by atoms with van der Waals surface area (Å²) in [7, 11) is 0. The molecular weight excluding hydrogens is 234 g/mol. The van der Waals surface area contributed by atoms with Gasteiger partial charge in [0.15, 0.2) is 0 Å². The Bertz CT molecular complexity index is 334. The summed E-state index contributed by atoms with van der Waals surface area (Å²) in [5.74, 6) is 0.872. The molecule has 1 N–H and O–H groups in total. The minimum atomic E-state index is 0.428. The molecule has 0 spiro atoms. The topological polar surface area (TPSA) is 47.0 Å². The third-order valence-corrected chi connectivity index (χ3v) is 4.05. The second kappa shape index (κ2) is 6.31. The van der Waals surface area contributed by atoms with E-state index in [4.69, 9.17) is 4.74 Å². The molecule has 4 nitrogen and oxygen atoms in total. The van der Waals surface area contributed by atoms with Gasteiger partial charge in [-0.15, -0.1) is 10.2 Å². The van der Waals surface area contributed by atoms with Gasteiger partial charge in [-0.05, 0) is 38.5 Å². The van der Waals surface area contributed by atoms with Gasteiger partial charge in [0.25, 0.3) is 0 Å². The predicted molar refractivity (Wildman–Crippen MR) is 70.3 cm³/mol. The van der Waals surface area contributed by atoms with Crippen molar-refractivity contribution in [3.05, 3.63) is 5.01 Å². The van der Waals surface area contributed by atoms with Crippen LogP contribution < -0.4 is 5.32 Å². The number of nitrogens with zero attached hydrogens (tertiary/aromatic N) is 2. The van der Waals surface area contributed by atoms with Gasteiger partial charge < -0.3 is 10.1 Å². The summed E-state index contributed by atoms with van der Waals surface area (Å²) in [5.41, 5.74) is 0. The van der Waals surface area contributed by atoms with Crippen molar-refractivity contribution in [2.45, 2.75) is 52.2 Å². The summed E-state index contributed by atoms with van der Waals surface area (Å²) in [6, 6.07) is 0. The Hall–Kier alpha value is -0.680. The molecule has 0 saturated heterocycles. The van der Waals surface area contributed by atoms with E-state index in [9.17, 15) is 0 Å². The van der Waals surface area contributed by atoms with Gasteiger partial charge in [0.2, 0.25) is 5.13 Å². The van der Waals surface area contributed by atoms with E-state index in [0.717, 1.165) is 22.6 Å². The van der Waals surface area contributed by atoms with Crippen LogP contribution in [0.4, 0.5) is 5.13 Å². The molecule has 5 heteroatoms. The predicted octanol–water partition coefficient (Wildman–Crippen LogP) is 3.07. The molecule has 1 aromatic rings. The highest BCUT2D eigenvalue weighted by atomic mass is 32.1. The quantitative estimate of drug-likeness (QED) is 0.878. The summed E-state index contributed by atoms with van der Waals surface area (Å²) in [6.07, 6.45) is 5.41. The number of anilines is 1. The number of aromatic nitrogens is 2. The standard InChI is InChI=1S/C12H21N3OS/c1-3-13-12-15-14-11(17-12)8-16-10-6-4-9(2)5-7-10/h9-10H,3-8H2,1-2H3,(H,13,15). The van der Waals surface area contributed by atoms with Crippen molar-refractivity contribution < 1.29 is 4.74 Å². The number of nitrogens with one attached hydrogen (secondary N) is 1. The lowest BCUT2D eigenvalue weighted by molar-refractivity contribution is 0.00849. The van der Waals surface area contributed by atoms with Crippen molar-refractivity contribution in [3.63, 3.8) is 0 Å². The van der Waals surface area contributed by atoms with Crippen LogP contribution in [0.15, 0.2) is 0 Å². The third kappa shape index (κ3) is 3.92. The minimum absolute atomic E-state index is 0.428. The first kappa shape index (κ1) is 12.8. The largest absolute Gasteiger partial charge is 0.371 e. The highest BCUT2D eigenvalue weighted by Crippen LogP contribution is 2.26. The highest BCUT2D eigenvalue weighted by molar-refractivity contribution is 7.15. The van der Waals surface area contributed by atoms with E-state index >= 15 is 0 Å². The van der Waals surface area contributed by atoms with Gasteiger partial charge in [0.1, 0.15) is 11.6 Å². The van der Waals surface area contributed by atoms with E-state index in [1.54, 1.807) is 11.3 Å². The fourth-order valence-corrected chi connectivity index (χ4v) is 2.85. The summed E-state index contributed by atoms with van der Waals surface area (Å²) >= 11 is 1.59. The van der Waals surface area contributed by atoms with E-state index in [2.05, 4.69) is 29.4 Å². The molecule has 0 amide bonds. The van der Waals surface area contributed by atoms with Crippen molar-refractivity contribution >= 4 is 16.5 Å².